The molecule has 2 aliphatic rings. The SMILES string of the molecule is CC(C)C[C@@H]1NC(=O)[C@H](Cc2ccc(O)cc2)NC(=O)CSC[C@@H](C(N)=O)NC(=O)CNC(=O)CNC(=O)[C@H](CCCN=C(N)N)NC(=O)[C@H](CC(=O)O)NC(=O)[C@H](CCCCN)NC(=O)[C@@H]2CCCN2C(=O)[C@H](CCCN=C(N)N)NC(=O)[C@H](Cc2ccccc2)NC(=O)[C@H](CCCN=C(N)N)NC1=O. The Hall–Kier alpha value is -11.1. The Kier molecular flexibility index (Phi) is 37.8. The fourth-order valence-electron chi connectivity index (χ4n) is 11.2. The van der Waals surface area contributed by atoms with Crippen LogP contribution in [0.4, 0.5) is 0 Å². The normalized spacial score (nSPS) is 23.0. The Morgan fingerprint density at radius 1 is 0.509 bits per heavy atom. The van der Waals surface area contributed by atoms with E-state index in [-0.39, 0.29) is 151 Å². The zero-order valence-corrected chi connectivity index (χ0v) is 60.3. The molecule has 2 aliphatic heterocycles. The standard InChI is InChI=1S/C66H103N23O16S/c1-36(2)28-44-58(100)83-42(16-9-25-76-65(71)72)57(99)87-46(29-37-12-4-3-5-13-37)60(102)85-43(17-10-26-77-66(73)74)63(105)89-27-11-18-49(89)62(104)84-41(14-6-7-23-67)56(98)88-47(31-53(94)95)61(103)82-40(15-8-24-75-64(69)70)55(97)79-32-50(91)78-33-51(92)81-48(54(68)96)34-106-35-52(93)80-45(59(101)86-44)30-38-19-21-39(90)22-20-38/h3-5,12-13,19-22,36,40-49,90H,6-11,14-18,23-35,67H2,1-2H3,(H2,68,96)(H,78,91)(H,79,97)(H,80,93)(H,81,92)(H,82,103)(H,83,100)(H,84,104)(H,85,102)(H,86,101)(H,87,99)(H,88,98)(H,94,95)(H4,69,70,75)(H4,71,72,76)(H4,73,74,77)/t40-,41-,42-,43-,44-,45-,46-,47-,48-,49-/m0/s1. The molecule has 40 heteroatoms. The second-order valence-corrected chi connectivity index (χ2v) is 26.7. The molecule has 2 saturated heterocycles. The molecular formula is C66H103N23O16S. The number of aliphatic imine (C=N–C) groups is 3. The second kappa shape index (κ2) is 45.9. The minimum absolute atomic E-state index is 0.0140. The maximum absolute atomic E-state index is 15.1. The first-order chi connectivity index (χ1) is 50.3. The molecule has 29 N–H and O–H groups in total. The Bertz CT molecular complexity index is 3430. The summed E-state index contributed by atoms with van der Waals surface area (Å²) >= 11 is 0.810. The summed E-state index contributed by atoms with van der Waals surface area (Å²) in [5, 5.41) is 48.1. The summed E-state index contributed by atoms with van der Waals surface area (Å²) in [5.41, 5.74) is 45.9. The van der Waals surface area contributed by atoms with Gasteiger partial charge >= 0.3 is 5.97 Å². The molecule has 10 atom stereocenters. The van der Waals surface area contributed by atoms with E-state index in [9.17, 15) is 67.7 Å². The first-order valence-electron chi connectivity index (χ1n) is 34.7. The molecule has 2 aromatic rings. The number of nitrogens with one attached hydrogen (secondary N) is 11. The second-order valence-electron chi connectivity index (χ2n) is 25.7. The number of thioether (sulfide) groups is 1. The molecule has 0 spiro atoms. The van der Waals surface area contributed by atoms with Gasteiger partial charge in [-0.05, 0) is 113 Å². The number of carbonyl (C=O) groups excluding carboxylic acids is 13. The average molecular weight is 1510 g/mol. The summed E-state index contributed by atoms with van der Waals surface area (Å²) in [5.74, 6) is -15.8. The third kappa shape index (κ3) is 32.7. The van der Waals surface area contributed by atoms with Crippen LogP contribution in [-0.4, -0.2) is 233 Å². The number of unbranched alkanes of at least 4 members (excludes halogenated alkanes) is 1. The number of primary amides is 1. The van der Waals surface area contributed by atoms with Gasteiger partial charge in [-0.15, -0.1) is 11.8 Å². The van der Waals surface area contributed by atoms with Crippen LogP contribution < -0.4 is 104 Å². The number of carbonyl (C=O) groups is 14. The van der Waals surface area contributed by atoms with Gasteiger partial charge in [-0.2, -0.15) is 0 Å². The Morgan fingerprint density at radius 3 is 1.50 bits per heavy atom. The van der Waals surface area contributed by atoms with Gasteiger partial charge in [-0.1, -0.05) is 56.3 Å². The molecule has 0 radical (unpaired) electrons. The summed E-state index contributed by atoms with van der Waals surface area (Å²) in [6, 6.07) is -0.884. The first kappa shape index (κ1) is 87.3. The van der Waals surface area contributed by atoms with E-state index in [2.05, 4.69) is 73.5 Å². The van der Waals surface area contributed by atoms with Crippen molar-refractivity contribution in [3.8, 4) is 5.75 Å². The Morgan fingerprint density at radius 2 is 0.962 bits per heavy atom. The smallest absolute Gasteiger partial charge is 0.305 e. The predicted octanol–water partition coefficient (Wildman–Crippen LogP) is -7.19. The number of guanidine groups is 3. The van der Waals surface area contributed by atoms with Gasteiger partial charge < -0.3 is 119 Å². The number of nitrogens with two attached hydrogens (primary N) is 8. The summed E-state index contributed by atoms with van der Waals surface area (Å²) < 4.78 is 0. The molecule has 2 heterocycles. The fourth-order valence-corrected chi connectivity index (χ4v) is 12.0. The maximum atomic E-state index is 15.1. The van der Waals surface area contributed by atoms with Crippen molar-refractivity contribution < 1.29 is 77.3 Å². The van der Waals surface area contributed by atoms with E-state index in [0.29, 0.717) is 17.5 Å². The summed E-state index contributed by atoms with van der Waals surface area (Å²) in [6.07, 6.45) is -1.18. The molecular weight excluding hydrogens is 1400 g/mol. The zero-order chi connectivity index (χ0) is 78.4. The van der Waals surface area contributed by atoms with Gasteiger partial charge in [-0.25, -0.2) is 0 Å². The number of carboxylic acid groups (broad SMARTS) is 1. The van der Waals surface area contributed by atoms with Gasteiger partial charge in [0.15, 0.2) is 17.9 Å². The lowest BCUT2D eigenvalue weighted by Crippen LogP contribution is -2.60. The highest BCUT2D eigenvalue weighted by Gasteiger charge is 2.41. The topological polar surface area (TPSA) is 660 Å². The van der Waals surface area contributed by atoms with Crippen molar-refractivity contribution in [1.82, 2.24) is 63.4 Å². The number of hydrogen-bond donors (Lipinski definition) is 21. The molecule has 4 rings (SSSR count). The van der Waals surface area contributed by atoms with Crippen molar-refractivity contribution in [2.75, 3.05) is 57.3 Å². The van der Waals surface area contributed by atoms with Crippen LogP contribution in [0.25, 0.3) is 0 Å². The van der Waals surface area contributed by atoms with Crippen LogP contribution in [0.15, 0.2) is 69.6 Å². The van der Waals surface area contributed by atoms with Crippen molar-refractivity contribution in [2.45, 2.75) is 171 Å². The first-order valence-corrected chi connectivity index (χ1v) is 35.8. The molecule has 0 saturated carbocycles. The lowest BCUT2D eigenvalue weighted by molar-refractivity contribution is -0.143. The Balaban J connectivity index is 1.85. The molecule has 13 amide bonds. The number of rotatable bonds is 25. The van der Waals surface area contributed by atoms with Gasteiger partial charge in [-0.3, -0.25) is 82.1 Å². The highest BCUT2D eigenvalue weighted by atomic mass is 32.2. The number of nitrogens with zero attached hydrogens (tertiary/aromatic N) is 4. The predicted molar refractivity (Wildman–Crippen MR) is 391 cm³/mol. The number of amides is 13. The van der Waals surface area contributed by atoms with Crippen molar-refractivity contribution in [1.29, 1.82) is 0 Å². The number of fused-ring (bicyclic) bond motifs is 1. The van der Waals surface area contributed by atoms with E-state index in [1.165, 1.54) is 29.2 Å². The van der Waals surface area contributed by atoms with Gasteiger partial charge in [0.1, 0.15) is 66.2 Å². The van der Waals surface area contributed by atoms with Crippen molar-refractivity contribution in [2.24, 2.45) is 66.8 Å². The van der Waals surface area contributed by atoms with E-state index in [1.54, 1.807) is 44.2 Å². The van der Waals surface area contributed by atoms with Gasteiger partial charge in [0.25, 0.3) is 0 Å². The number of aliphatic carboxylic acids is 1. The maximum Gasteiger partial charge on any atom is 0.305 e. The highest BCUT2D eigenvalue weighted by molar-refractivity contribution is 8.00. The molecule has 39 nitrogen and oxygen atoms in total. The van der Waals surface area contributed by atoms with Crippen LogP contribution in [0.2, 0.25) is 0 Å². The molecule has 2 fully saturated rings. The van der Waals surface area contributed by atoms with Crippen LogP contribution in [0.5, 0.6) is 5.75 Å². The molecule has 106 heavy (non-hydrogen) atoms. The minimum Gasteiger partial charge on any atom is -0.508 e. The largest absolute Gasteiger partial charge is 0.508 e. The molecule has 0 aromatic heterocycles. The lowest BCUT2D eigenvalue weighted by Gasteiger charge is -2.31. The van der Waals surface area contributed by atoms with Crippen molar-refractivity contribution in [3.05, 3.63) is 65.7 Å². The van der Waals surface area contributed by atoms with Gasteiger partial charge in [0.05, 0.1) is 25.3 Å². The van der Waals surface area contributed by atoms with E-state index in [4.69, 9.17) is 45.9 Å². The van der Waals surface area contributed by atoms with Crippen LogP contribution >= 0.6 is 11.8 Å². The van der Waals surface area contributed by atoms with Gasteiger partial charge in [0.2, 0.25) is 76.8 Å². The number of carboxylic acids is 1. The molecule has 2 aromatic carbocycles. The van der Waals surface area contributed by atoms with Crippen LogP contribution in [0, 0.1) is 5.92 Å². The molecule has 0 bridgehead atoms. The third-order valence-corrected chi connectivity index (χ3v) is 17.5. The average Bonchev–Trinajstić information content (AvgIpc) is 1.61. The Labute approximate surface area is 616 Å². The van der Waals surface area contributed by atoms with Crippen LogP contribution in [0.3, 0.4) is 0 Å². The number of hydrogen-bond acceptors (Lipinski definition) is 20. The zero-order valence-electron chi connectivity index (χ0n) is 59.4. The number of phenols is 1. The van der Waals surface area contributed by atoms with Crippen molar-refractivity contribution in [3.63, 3.8) is 0 Å². The quantitative estimate of drug-likeness (QED) is 0.0249. The van der Waals surface area contributed by atoms with E-state index < -0.39 is 168 Å². The van der Waals surface area contributed by atoms with E-state index in [1.807, 2.05) is 0 Å². The van der Waals surface area contributed by atoms with Crippen LogP contribution in [0.1, 0.15) is 108 Å². The summed E-state index contributed by atoms with van der Waals surface area (Å²) in [4.78, 5) is 210. The third-order valence-electron chi connectivity index (χ3n) is 16.5. The van der Waals surface area contributed by atoms with Gasteiger partial charge in [0, 0.05) is 44.8 Å². The minimum atomic E-state index is -1.92. The fraction of sp³-hybridized carbons (Fsp3) is 0.561. The number of phenolic OH excluding ortho intramolecular Hbond substituents is 1. The number of aromatic hydroxyl groups is 1. The monoisotopic (exact) mass is 1510 g/mol. The molecule has 0 aliphatic carbocycles. The number of benzene rings is 2. The summed E-state index contributed by atoms with van der Waals surface area (Å²) in [7, 11) is 0. The molecule has 584 valence electrons. The summed E-state index contributed by atoms with van der Waals surface area (Å²) in [6.45, 7) is 1.90. The van der Waals surface area contributed by atoms with Crippen molar-refractivity contribution >= 4 is 112 Å². The van der Waals surface area contributed by atoms with Crippen LogP contribution in [-0.2, 0) is 80.0 Å². The van der Waals surface area contributed by atoms with E-state index >= 15 is 9.59 Å². The molecule has 0 unspecified atom stereocenters. The van der Waals surface area contributed by atoms with E-state index in [0.717, 1.165) is 11.8 Å². The lowest BCUT2D eigenvalue weighted by atomic mass is 10.00. The highest BCUT2D eigenvalue weighted by Crippen LogP contribution is 2.22.